The monoisotopic (exact) mass is 669 g/mol. The first kappa shape index (κ1) is 31.8. The van der Waals surface area contributed by atoms with Gasteiger partial charge in [-0.25, -0.2) is 0 Å². The Morgan fingerprint density at radius 1 is 1.00 bits per heavy atom. The summed E-state index contributed by atoms with van der Waals surface area (Å²) >= 11 is 14.9. The van der Waals surface area contributed by atoms with Gasteiger partial charge in [0, 0.05) is 21.4 Å². The molecule has 1 aliphatic heterocycles. The van der Waals surface area contributed by atoms with E-state index in [1.54, 1.807) is 54.6 Å². The van der Waals surface area contributed by atoms with E-state index in [4.69, 9.17) is 32.7 Å². The Kier molecular flexibility index (Phi) is 10.5. The third-order valence-corrected chi connectivity index (χ3v) is 9.48. The Hall–Kier alpha value is -3.57. The highest BCUT2D eigenvalue weighted by Crippen LogP contribution is 2.45. The summed E-state index contributed by atoms with van der Waals surface area (Å²) in [5.41, 5.74) is 1.78. The maximum Gasteiger partial charge on any atom is 0.301 e. The zero-order chi connectivity index (χ0) is 31.2. The third kappa shape index (κ3) is 7.04. The smallest absolute Gasteiger partial charge is 0.301 e. The van der Waals surface area contributed by atoms with Crippen LogP contribution >= 0.6 is 46.3 Å². The number of halogens is 2. The zero-order valence-electron chi connectivity index (χ0n) is 24.0. The number of hydrogen-bond acceptors (Lipinski definition) is 9. The Bertz CT molecular complexity index is 1690. The van der Waals surface area contributed by atoms with Crippen molar-refractivity contribution in [3.05, 3.63) is 99.0 Å². The number of hydrogen-bond donors (Lipinski definition) is 1. The maximum atomic E-state index is 13.6. The molecule has 2 heterocycles. The number of nitrogens with zero attached hydrogens (tertiary/aromatic N) is 3. The highest BCUT2D eigenvalue weighted by Gasteiger charge is 2.48. The minimum absolute atomic E-state index is 0.0535. The number of rotatable bonds is 12. The van der Waals surface area contributed by atoms with Gasteiger partial charge >= 0.3 is 5.91 Å². The van der Waals surface area contributed by atoms with E-state index in [0.29, 0.717) is 56.0 Å². The molecule has 0 saturated carbocycles. The molecule has 228 valence electrons. The van der Waals surface area contributed by atoms with Crippen LogP contribution in [0.2, 0.25) is 10.0 Å². The van der Waals surface area contributed by atoms with Crippen molar-refractivity contribution >= 4 is 68.9 Å². The number of ketones is 1. The molecule has 5 rings (SSSR count). The molecule has 4 aromatic rings. The molecule has 44 heavy (non-hydrogen) atoms. The number of Topliss-reactive ketones (excluding diaryl/α,β-unsaturated/α-hetero) is 1. The van der Waals surface area contributed by atoms with Crippen LogP contribution in [0.25, 0.3) is 5.76 Å². The zero-order valence-corrected chi connectivity index (χ0v) is 27.1. The van der Waals surface area contributed by atoms with Crippen LogP contribution in [-0.2, 0) is 15.3 Å². The van der Waals surface area contributed by atoms with Gasteiger partial charge in [0.1, 0.15) is 17.3 Å². The first-order valence-corrected chi connectivity index (χ1v) is 16.5. The lowest BCUT2D eigenvalue weighted by atomic mass is 9.95. The van der Waals surface area contributed by atoms with E-state index in [-0.39, 0.29) is 16.5 Å². The van der Waals surface area contributed by atoms with Crippen molar-refractivity contribution < 1.29 is 24.2 Å². The summed E-state index contributed by atoms with van der Waals surface area (Å²) in [6.45, 7) is 4.97. The van der Waals surface area contributed by atoms with Crippen molar-refractivity contribution in [2.24, 2.45) is 0 Å². The second-order valence-electron chi connectivity index (χ2n) is 9.78. The highest BCUT2D eigenvalue weighted by atomic mass is 35.5. The summed E-state index contributed by atoms with van der Waals surface area (Å²) in [5, 5.41) is 21.3. The van der Waals surface area contributed by atoms with Gasteiger partial charge < -0.3 is 14.6 Å². The largest absolute Gasteiger partial charge is 0.507 e. The van der Waals surface area contributed by atoms with E-state index < -0.39 is 17.7 Å². The second kappa shape index (κ2) is 14.5. The minimum atomic E-state index is -0.965. The molecule has 1 saturated heterocycles. The number of unbranched alkanes of at least 4 members (excludes halogenated alkanes) is 1. The van der Waals surface area contributed by atoms with Gasteiger partial charge in [-0.15, -0.1) is 10.2 Å². The molecule has 0 spiro atoms. The van der Waals surface area contributed by atoms with Crippen LogP contribution in [0.1, 0.15) is 49.4 Å². The number of benzene rings is 3. The number of thioether (sulfide) groups is 1. The normalized spacial score (nSPS) is 16.0. The summed E-state index contributed by atoms with van der Waals surface area (Å²) in [6.07, 6.45) is 1.86. The van der Waals surface area contributed by atoms with Crippen LogP contribution in [0.15, 0.2) is 76.6 Å². The molecule has 0 radical (unpaired) electrons. The fourth-order valence-electron chi connectivity index (χ4n) is 4.62. The average Bonchev–Trinajstić information content (AvgIpc) is 3.59. The maximum absolute atomic E-state index is 13.6. The fraction of sp³-hybridized carbons (Fsp3) is 0.250. The first-order valence-electron chi connectivity index (χ1n) is 14.0. The van der Waals surface area contributed by atoms with Crippen molar-refractivity contribution in [2.75, 3.05) is 18.1 Å². The SMILES string of the molecule is CCCCOc1cccc(C2/C(=C(\O)c3ccc(OCC)cc3)C(=O)C(=O)N2c2nnc(SCc3ccc(Cl)cc3Cl)s2)c1. The Morgan fingerprint density at radius 2 is 1.80 bits per heavy atom. The van der Waals surface area contributed by atoms with Crippen molar-refractivity contribution in [1.82, 2.24) is 10.2 Å². The van der Waals surface area contributed by atoms with Crippen molar-refractivity contribution in [3.63, 3.8) is 0 Å². The number of carbonyl (C=O) groups is 2. The number of carbonyl (C=O) groups excluding carboxylic acids is 2. The average molecular weight is 671 g/mol. The molecule has 8 nitrogen and oxygen atoms in total. The molecular weight excluding hydrogens is 641 g/mol. The van der Waals surface area contributed by atoms with E-state index in [9.17, 15) is 14.7 Å². The van der Waals surface area contributed by atoms with Crippen molar-refractivity contribution in [1.29, 1.82) is 0 Å². The number of ether oxygens (including phenoxy) is 2. The quantitative estimate of drug-likeness (QED) is 0.0401. The molecule has 0 bridgehead atoms. The lowest BCUT2D eigenvalue weighted by Gasteiger charge is -2.23. The van der Waals surface area contributed by atoms with Gasteiger partial charge in [-0.2, -0.15) is 0 Å². The summed E-state index contributed by atoms with van der Waals surface area (Å²) in [7, 11) is 0. The van der Waals surface area contributed by atoms with Crippen LogP contribution in [0, 0.1) is 0 Å². The van der Waals surface area contributed by atoms with E-state index in [0.717, 1.165) is 18.4 Å². The molecule has 1 aliphatic rings. The van der Waals surface area contributed by atoms with E-state index >= 15 is 0 Å². The van der Waals surface area contributed by atoms with Gasteiger partial charge in [-0.1, -0.05) is 77.8 Å². The molecule has 1 atom stereocenters. The van der Waals surface area contributed by atoms with Gasteiger partial charge in [0.15, 0.2) is 4.34 Å². The fourth-order valence-corrected chi connectivity index (χ4v) is 7.05. The Labute approximate surface area is 273 Å². The predicted octanol–water partition coefficient (Wildman–Crippen LogP) is 8.34. The van der Waals surface area contributed by atoms with Crippen LogP contribution in [0.5, 0.6) is 11.5 Å². The van der Waals surface area contributed by atoms with Crippen LogP contribution < -0.4 is 14.4 Å². The van der Waals surface area contributed by atoms with E-state index in [1.807, 2.05) is 19.1 Å². The Morgan fingerprint density at radius 3 is 2.52 bits per heavy atom. The molecule has 1 amide bonds. The van der Waals surface area contributed by atoms with Crippen LogP contribution in [0.4, 0.5) is 5.13 Å². The molecular formula is C32H29Cl2N3O5S2. The van der Waals surface area contributed by atoms with Gasteiger partial charge in [0.05, 0.1) is 24.8 Å². The third-order valence-electron chi connectivity index (χ3n) is 6.79. The molecule has 3 aromatic carbocycles. The van der Waals surface area contributed by atoms with Gasteiger partial charge in [0.25, 0.3) is 5.78 Å². The van der Waals surface area contributed by atoms with Crippen LogP contribution in [0.3, 0.4) is 0 Å². The van der Waals surface area contributed by atoms with Crippen LogP contribution in [-0.4, -0.2) is 40.2 Å². The molecule has 1 aromatic heterocycles. The standard InChI is InChI=1S/C32H29Cl2N3O5S2/c1-3-5-15-42-24-8-6-7-20(16-24)27-26(28(38)19-10-13-23(14-11-19)41-4-2)29(39)30(40)37(27)31-35-36-32(44-31)43-18-21-9-12-22(33)17-25(21)34/h6-14,16-17,27,38H,3-5,15,18H2,1-2H3/b28-26+. The number of aliphatic hydroxyl groups excluding tert-OH is 1. The number of aromatic nitrogens is 2. The number of anilines is 1. The van der Waals surface area contributed by atoms with Crippen molar-refractivity contribution in [2.45, 2.75) is 42.8 Å². The minimum Gasteiger partial charge on any atom is -0.507 e. The van der Waals surface area contributed by atoms with E-state index in [2.05, 4.69) is 17.1 Å². The van der Waals surface area contributed by atoms with Gasteiger partial charge in [-0.3, -0.25) is 14.5 Å². The molecule has 0 aliphatic carbocycles. The molecule has 1 unspecified atom stereocenters. The molecule has 1 fully saturated rings. The summed E-state index contributed by atoms with van der Waals surface area (Å²) in [6, 6.07) is 18.2. The topological polar surface area (TPSA) is 102 Å². The second-order valence-corrected chi connectivity index (χ2v) is 12.8. The van der Waals surface area contributed by atoms with Crippen molar-refractivity contribution in [3.8, 4) is 11.5 Å². The summed E-state index contributed by atoms with van der Waals surface area (Å²) < 4.78 is 12.0. The Balaban J connectivity index is 1.52. The summed E-state index contributed by atoms with van der Waals surface area (Å²) in [4.78, 5) is 28.5. The van der Waals surface area contributed by atoms with E-state index in [1.165, 1.54) is 28.0 Å². The lowest BCUT2D eigenvalue weighted by Crippen LogP contribution is -2.29. The summed E-state index contributed by atoms with van der Waals surface area (Å²) in [5.74, 6) is -0.216. The van der Waals surface area contributed by atoms with Gasteiger partial charge in [0.2, 0.25) is 5.13 Å². The van der Waals surface area contributed by atoms with Gasteiger partial charge in [-0.05, 0) is 73.0 Å². The molecule has 1 N–H and O–H groups in total. The molecule has 12 heteroatoms. The highest BCUT2D eigenvalue weighted by molar-refractivity contribution is 8.00. The first-order chi connectivity index (χ1) is 21.3. The number of amides is 1. The lowest BCUT2D eigenvalue weighted by molar-refractivity contribution is -0.132. The predicted molar refractivity (Wildman–Crippen MR) is 175 cm³/mol. The number of aliphatic hydroxyl groups is 1.